The van der Waals surface area contributed by atoms with E-state index in [9.17, 15) is 9.59 Å². The molecule has 2 aliphatic rings. The molecule has 2 fully saturated rings. The maximum Gasteiger partial charge on any atom is 0.233 e. The largest absolute Gasteiger partial charge is 0.281 e. The highest BCUT2D eigenvalue weighted by Crippen LogP contribution is 2.43. The van der Waals surface area contributed by atoms with E-state index in [1.54, 1.807) is 0 Å². The summed E-state index contributed by atoms with van der Waals surface area (Å²) in [5.74, 6) is -0.196. The van der Waals surface area contributed by atoms with E-state index in [-0.39, 0.29) is 38.1 Å². The maximum absolute atomic E-state index is 12.3. The van der Waals surface area contributed by atoms with Crippen LogP contribution in [0.1, 0.15) is 26.2 Å². The zero-order valence-corrected chi connectivity index (χ0v) is 14.9. The Labute approximate surface area is 132 Å². The Morgan fingerprint density at radius 2 is 1.61 bits per heavy atom. The zero-order valence-electron chi connectivity index (χ0n) is 10.1. The van der Waals surface area contributed by atoms with Gasteiger partial charge in [-0.15, -0.1) is 0 Å². The molecule has 18 heavy (non-hydrogen) atoms. The topological polar surface area (TPSA) is 37.4 Å². The number of fused-ring (bicyclic) bond motifs is 1. The molecule has 6 heteroatoms. The van der Waals surface area contributed by atoms with E-state index in [1.807, 2.05) is 6.92 Å². The lowest BCUT2D eigenvalue weighted by Crippen LogP contribution is -2.35. The SMILES string of the molecule is CCC(Br)CN1C(=O)C2CC(Br)C(Br)CC2C1=O. The van der Waals surface area contributed by atoms with E-state index < -0.39 is 0 Å². The van der Waals surface area contributed by atoms with Crippen LogP contribution in [0.15, 0.2) is 0 Å². The van der Waals surface area contributed by atoms with Gasteiger partial charge in [-0.2, -0.15) is 0 Å². The van der Waals surface area contributed by atoms with Crippen LogP contribution < -0.4 is 0 Å². The Kier molecular flexibility index (Phi) is 4.92. The standard InChI is InChI=1S/C12H16Br3NO2/c1-2-6(13)5-16-11(17)7-3-9(14)10(15)4-8(7)12(16)18/h6-10H,2-5H2,1H3. The molecule has 2 amide bonds. The van der Waals surface area contributed by atoms with Crippen molar-refractivity contribution >= 4 is 59.6 Å². The van der Waals surface area contributed by atoms with Gasteiger partial charge in [0.1, 0.15) is 0 Å². The highest BCUT2D eigenvalue weighted by Gasteiger charge is 2.51. The predicted molar refractivity (Wildman–Crippen MR) is 81.4 cm³/mol. The van der Waals surface area contributed by atoms with Crippen molar-refractivity contribution < 1.29 is 9.59 Å². The first-order valence-corrected chi connectivity index (χ1v) is 8.97. The highest BCUT2D eigenvalue weighted by atomic mass is 79.9. The van der Waals surface area contributed by atoms with Gasteiger partial charge in [0.25, 0.3) is 0 Å². The van der Waals surface area contributed by atoms with E-state index in [4.69, 9.17) is 0 Å². The molecule has 1 saturated carbocycles. The molecule has 5 unspecified atom stereocenters. The molecule has 1 aliphatic carbocycles. The van der Waals surface area contributed by atoms with E-state index >= 15 is 0 Å². The van der Waals surface area contributed by atoms with Gasteiger partial charge in [0.2, 0.25) is 11.8 Å². The number of hydrogen-bond donors (Lipinski definition) is 0. The van der Waals surface area contributed by atoms with E-state index in [1.165, 1.54) is 4.90 Å². The van der Waals surface area contributed by atoms with Gasteiger partial charge in [0.05, 0.1) is 11.8 Å². The summed E-state index contributed by atoms with van der Waals surface area (Å²) in [4.78, 5) is 26.8. The number of amides is 2. The number of alkyl halides is 3. The van der Waals surface area contributed by atoms with Crippen molar-refractivity contribution in [3.8, 4) is 0 Å². The first-order valence-electron chi connectivity index (χ1n) is 6.23. The minimum absolute atomic E-state index is 0.0201. The highest BCUT2D eigenvalue weighted by molar-refractivity contribution is 9.12. The molecule has 102 valence electrons. The average molecular weight is 446 g/mol. The quantitative estimate of drug-likeness (QED) is 0.494. The molecule has 2 rings (SSSR count). The van der Waals surface area contributed by atoms with Crippen LogP contribution in [0.3, 0.4) is 0 Å². The van der Waals surface area contributed by atoms with Crippen LogP contribution >= 0.6 is 47.8 Å². The first kappa shape index (κ1) is 15.0. The van der Waals surface area contributed by atoms with Crippen LogP contribution in [0.4, 0.5) is 0 Å². The lowest BCUT2D eigenvalue weighted by molar-refractivity contribution is -0.139. The summed E-state index contributed by atoms with van der Waals surface area (Å²) < 4.78 is 0. The van der Waals surface area contributed by atoms with Crippen LogP contribution in [-0.4, -0.2) is 37.7 Å². The molecule has 1 heterocycles. The van der Waals surface area contributed by atoms with Gasteiger partial charge < -0.3 is 0 Å². The third-order valence-electron chi connectivity index (χ3n) is 3.83. The Morgan fingerprint density at radius 3 is 2.00 bits per heavy atom. The fourth-order valence-electron chi connectivity index (χ4n) is 2.67. The molecule has 0 aromatic rings. The second-order valence-corrected chi connectivity index (χ2v) is 8.66. The molecular weight excluding hydrogens is 430 g/mol. The van der Waals surface area contributed by atoms with Gasteiger partial charge in [-0.25, -0.2) is 0 Å². The van der Waals surface area contributed by atoms with E-state index in [0.29, 0.717) is 6.54 Å². The van der Waals surface area contributed by atoms with Gasteiger partial charge in [0.15, 0.2) is 0 Å². The number of carbonyl (C=O) groups is 2. The summed E-state index contributed by atoms with van der Waals surface area (Å²) in [6, 6.07) is 0. The van der Waals surface area contributed by atoms with Crippen LogP contribution in [-0.2, 0) is 9.59 Å². The van der Waals surface area contributed by atoms with Crippen molar-refractivity contribution in [3.63, 3.8) is 0 Å². The fraction of sp³-hybridized carbons (Fsp3) is 0.833. The lowest BCUT2D eigenvalue weighted by atomic mass is 9.81. The predicted octanol–water partition coefficient (Wildman–Crippen LogP) is 3.08. The van der Waals surface area contributed by atoms with E-state index in [0.717, 1.165) is 19.3 Å². The molecule has 0 aromatic carbocycles. The van der Waals surface area contributed by atoms with Crippen molar-refractivity contribution in [1.29, 1.82) is 0 Å². The summed E-state index contributed by atoms with van der Waals surface area (Å²) in [5.41, 5.74) is 0. The van der Waals surface area contributed by atoms with Crippen LogP contribution in [0.2, 0.25) is 0 Å². The smallest absolute Gasteiger partial charge is 0.233 e. The Hall–Kier alpha value is 0.580. The van der Waals surface area contributed by atoms with Crippen molar-refractivity contribution in [3.05, 3.63) is 0 Å². The number of nitrogens with zero attached hydrogens (tertiary/aromatic N) is 1. The molecule has 3 nitrogen and oxygen atoms in total. The normalized spacial score (nSPS) is 37.9. The average Bonchev–Trinajstić information content (AvgIpc) is 2.55. The number of rotatable bonds is 3. The number of imide groups is 1. The summed E-state index contributed by atoms with van der Waals surface area (Å²) >= 11 is 10.7. The molecule has 0 radical (unpaired) electrons. The minimum atomic E-state index is -0.118. The lowest BCUT2D eigenvalue weighted by Gasteiger charge is -2.29. The third kappa shape index (κ3) is 2.70. The van der Waals surface area contributed by atoms with Gasteiger partial charge >= 0.3 is 0 Å². The molecular formula is C12H16Br3NO2. The Morgan fingerprint density at radius 1 is 1.17 bits per heavy atom. The molecule has 0 bridgehead atoms. The second kappa shape index (κ2) is 5.92. The van der Waals surface area contributed by atoms with Crippen molar-refractivity contribution in [2.24, 2.45) is 11.8 Å². The number of likely N-dealkylation sites (tertiary alicyclic amines) is 1. The van der Waals surface area contributed by atoms with Gasteiger partial charge in [-0.3, -0.25) is 14.5 Å². The maximum atomic E-state index is 12.3. The molecule has 5 atom stereocenters. The summed E-state index contributed by atoms with van der Waals surface area (Å²) in [5, 5.41) is 0. The Bertz CT molecular complexity index is 335. The van der Waals surface area contributed by atoms with Gasteiger partial charge in [0, 0.05) is 21.0 Å². The van der Waals surface area contributed by atoms with E-state index in [2.05, 4.69) is 47.8 Å². The molecule has 0 aromatic heterocycles. The van der Waals surface area contributed by atoms with Crippen molar-refractivity contribution in [2.45, 2.75) is 40.7 Å². The van der Waals surface area contributed by atoms with Crippen LogP contribution in [0.5, 0.6) is 0 Å². The fourth-order valence-corrected chi connectivity index (χ4v) is 4.20. The monoisotopic (exact) mass is 443 g/mol. The summed E-state index contributed by atoms with van der Waals surface area (Å²) in [6.07, 6.45) is 2.41. The van der Waals surface area contributed by atoms with Crippen molar-refractivity contribution in [1.82, 2.24) is 4.90 Å². The van der Waals surface area contributed by atoms with Crippen molar-refractivity contribution in [2.75, 3.05) is 6.54 Å². The summed E-state index contributed by atoms with van der Waals surface area (Å²) in [6.45, 7) is 2.54. The third-order valence-corrected chi connectivity index (χ3v) is 7.50. The minimum Gasteiger partial charge on any atom is -0.281 e. The van der Waals surface area contributed by atoms with Gasteiger partial charge in [-0.05, 0) is 19.3 Å². The Balaban J connectivity index is 2.13. The molecule has 0 N–H and O–H groups in total. The summed E-state index contributed by atoms with van der Waals surface area (Å²) in [7, 11) is 0. The molecule has 1 aliphatic heterocycles. The first-order chi connectivity index (χ1) is 8.45. The number of carbonyl (C=O) groups excluding carboxylic acids is 2. The number of hydrogen-bond acceptors (Lipinski definition) is 2. The molecule has 0 spiro atoms. The number of halogens is 3. The molecule has 1 saturated heterocycles. The second-order valence-electron chi connectivity index (χ2n) is 5.01. The van der Waals surface area contributed by atoms with Gasteiger partial charge in [-0.1, -0.05) is 54.7 Å². The van der Waals surface area contributed by atoms with Crippen LogP contribution in [0.25, 0.3) is 0 Å². The zero-order chi connectivity index (χ0) is 13.4. The van der Waals surface area contributed by atoms with Crippen LogP contribution in [0, 0.1) is 11.8 Å².